The molecule has 0 saturated carbocycles. The van der Waals surface area contributed by atoms with Gasteiger partial charge in [-0.25, -0.2) is 4.99 Å². The molecule has 0 radical (unpaired) electrons. The van der Waals surface area contributed by atoms with E-state index >= 15 is 0 Å². The lowest BCUT2D eigenvalue weighted by Crippen LogP contribution is -2.50. The van der Waals surface area contributed by atoms with Crippen LogP contribution in [0, 0.1) is 0 Å². The van der Waals surface area contributed by atoms with Crippen molar-refractivity contribution in [2.24, 2.45) is 4.99 Å². The first-order valence-corrected chi connectivity index (χ1v) is 9.65. The van der Waals surface area contributed by atoms with Crippen molar-refractivity contribution in [1.29, 1.82) is 0 Å². The van der Waals surface area contributed by atoms with Crippen molar-refractivity contribution in [3.8, 4) is 0 Å². The van der Waals surface area contributed by atoms with Crippen LogP contribution < -0.4 is 5.32 Å². The van der Waals surface area contributed by atoms with Gasteiger partial charge in [0.15, 0.2) is 5.96 Å². The number of guanidine groups is 1. The number of rotatable bonds is 5. The van der Waals surface area contributed by atoms with Gasteiger partial charge in [0.05, 0.1) is 25.3 Å². The molecule has 3 heterocycles. The Balaban J connectivity index is 0.00000225. The molecule has 8 heteroatoms. The number of fused-ring (bicyclic) bond motifs is 1. The van der Waals surface area contributed by atoms with E-state index in [1.54, 1.807) is 6.26 Å². The second-order valence-electron chi connectivity index (χ2n) is 7.00. The van der Waals surface area contributed by atoms with E-state index in [2.05, 4.69) is 57.5 Å². The number of nitrogens with zero attached hydrogens (tertiary/aromatic N) is 4. The zero-order chi connectivity index (χ0) is 18.5. The van der Waals surface area contributed by atoms with Crippen molar-refractivity contribution in [2.45, 2.75) is 32.2 Å². The van der Waals surface area contributed by atoms with Crippen LogP contribution in [0.3, 0.4) is 0 Å². The molecular formula is C20H28IN5O2. The van der Waals surface area contributed by atoms with Gasteiger partial charge in [-0.15, -0.1) is 24.0 Å². The first kappa shape index (κ1) is 21.1. The summed E-state index contributed by atoms with van der Waals surface area (Å²) in [5, 5.41) is 7.35. The molecule has 0 aliphatic carbocycles. The van der Waals surface area contributed by atoms with Crippen molar-refractivity contribution in [2.75, 3.05) is 32.8 Å². The number of nitrogens with one attached hydrogen (secondary N) is 1. The van der Waals surface area contributed by atoms with Crippen LogP contribution in [0.4, 0.5) is 0 Å². The smallest absolute Gasteiger partial charge is 0.194 e. The van der Waals surface area contributed by atoms with E-state index in [1.165, 1.54) is 5.56 Å². The Morgan fingerprint density at radius 1 is 1.25 bits per heavy atom. The maximum absolute atomic E-state index is 6.09. The monoisotopic (exact) mass is 497 g/mol. The Morgan fingerprint density at radius 2 is 2.11 bits per heavy atom. The van der Waals surface area contributed by atoms with E-state index in [-0.39, 0.29) is 30.1 Å². The topological polar surface area (TPSA) is 66.1 Å². The predicted molar refractivity (Wildman–Crippen MR) is 119 cm³/mol. The number of hydrogen-bond donors (Lipinski definition) is 1. The van der Waals surface area contributed by atoms with Crippen molar-refractivity contribution in [3.63, 3.8) is 0 Å². The van der Waals surface area contributed by atoms with Crippen LogP contribution in [-0.2, 0) is 17.8 Å². The highest BCUT2D eigenvalue weighted by Crippen LogP contribution is 2.24. The average molecular weight is 497 g/mol. The quantitative estimate of drug-likeness (QED) is 0.389. The Morgan fingerprint density at radius 3 is 2.86 bits per heavy atom. The minimum absolute atomic E-state index is 0. The highest BCUT2D eigenvalue weighted by Gasteiger charge is 2.41. The fourth-order valence-corrected chi connectivity index (χ4v) is 3.85. The van der Waals surface area contributed by atoms with Gasteiger partial charge in [-0.1, -0.05) is 35.5 Å². The van der Waals surface area contributed by atoms with Crippen LogP contribution in [-0.4, -0.2) is 65.8 Å². The van der Waals surface area contributed by atoms with Gasteiger partial charge in [-0.2, -0.15) is 0 Å². The molecule has 1 aromatic heterocycles. The van der Waals surface area contributed by atoms with Gasteiger partial charge >= 0.3 is 0 Å². The predicted octanol–water partition coefficient (Wildman–Crippen LogP) is 2.34. The fraction of sp³-hybridized carbons (Fsp3) is 0.500. The van der Waals surface area contributed by atoms with E-state index in [1.807, 2.05) is 6.07 Å². The fourth-order valence-electron chi connectivity index (χ4n) is 3.85. The highest BCUT2D eigenvalue weighted by molar-refractivity contribution is 14.0. The summed E-state index contributed by atoms with van der Waals surface area (Å²) in [6.45, 7) is 7.93. The van der Waals surface area contributed by atoms with Gasteiger partial charge in [-0.05, 0) is 12.5 Å². The third kappa shape index (κ3) is 5.03. The Bertz CT molecular complexity index is 740. The zero-order valence-corrected chi connectivity index (χ0v) is 18.5. The average Bonchev–Trinajstić information content (AvgIpc) is 3.36. The lowest BCUT2D eigenvalue weighted by Gasteiger charge is -2.36. The molecule has 2 atom stereocenters. The van der Waals surface area contributed by atoms with Crippen molar-refractivity contribution >= 4 is 29.9 Å². The molecule has 2 aliphatic heterocycles. The number of morpholine rings is 1. The second-order valence-corrected chi connectivity index (χ2v) is 7.00. The Kier molecular flexibility index (Phi) is 7.69. The number of likely N-dealkylation sites (tertiary alicyclic amines) is 1. The summed E-state index contributed by atoms with van der Waals surface area (Å²) in [5.41, 5.74) is 2.19. The van der Waals surface area contributed by atoms with Gasteiger partial charge in [0.1, 0.15) is 12.0 Å². The molecule has 2 unspecified atom stereocenters. The Labute approximate surface area is 183 Å². The number of aliphatic imine (C=N–C) groups is 1. The third-order valence-corrected chi connectivity index (χ3v) is 5.16. The van der Waals surface area contributed by atoms with Crippen molar-refractivity contribution in [3.05, 3.63) is 53.9 Å². The lowest BCUT2D eigenvalue weighted by molar-refractivity contribution is -0.0502. The maximum Gasteiger partial charge on any atom is 0.194 e. The number of halogens is 1. The highest BCUT2D eigenvalue weighted by atomic mass is 127. The van der Waals surface area contributed by atoms with E-state index in [4.69, 9.17) is 14.3 Å². The zero-order valence-electron chi connectivity index (χ0n) is 16.2. The number of ether oxygens (including phenoxy) is 1. The van der Waals surface area contributed by atoms with Crippen LogP contribution in [0.1, 0.15) is 18.2 Å². The molecule has 2 saturated heterocycles. The normalized spacial score (nSPS) is 22.6. The van der Waals surface area contributed by atoms with Crippen LogP contribution in [0.25, 0.3) is 0 Å². The minimum atomic E-state index is 0. The summed E-state index contributed by atoms with van der Waals surface area (Å²) in [7, 11) is 0. The van der Waals surface area contributed by atoms with Crippen LogP contribution >= 0.6 is 24.0 Å². The number of aromatic nitrogens is 1. The van der Waals surface area contributed by atoms with Crippen molar-refractivity contribution in [1.82, 2.24) is 20.3 Å². The third-order valence-electron chi connectivity index (χ3n) is 5.16. The second kappa shape index (κ2) is 10.2. The molecular weight excluding hydrogens is 469 g/mol. The summed E-state index contributed by atoms with van der Waals surface area (Å²) in [5.74, 6) is 0.915. The number of benzene rings is 1. The lowest BCUT2D eigenvalue weighted by atomic mass is 10.1. The van der Waals surface area contributed by atoms with E-state index in [0.717, 1.165) is 51.0 Å². The molecule has 7 nitrogen and oxygen atoms in total. The molecule has 152 valence electrons. The molecule has 2 aromatic rings. The molecule has 4 rings (SSSR count). The van der Waals surface area contributed by atoms with Gasteiger partial charge in [-0.3, -0.25) is 4.90 Å². The summed E-state index contributed by atoms with van der Waals surface area (Å²) in [6, 6.07) is 12.9. The summed E-state index contributed by atoms with van der Waals surface area (Å²) in [6.07, 6.45) is 1.80. The summed E-state index contributed by atoms with van der Waals surface area (Å²) < 4.78 is 11.0. The van der Waals surface area contributed by atoms with Gasteiger partial charge < -0.3 is 19.5 Å². The minimum Gasteiger partial charge on any atom is -0.373 e. The van der Waals surface area contributed by atoms with Crippen molar-refractivity contribution < 1.29 is 9.26 Å². The molecule has 2 fully saturated rings. The van der Waals surface area contributed by atoms with E-state index < -0.39 is 0 Å². The molecule has 0 bridgehead atoms. The van der Waals surface area contributed by atoms with Crippen LogP contribution in [0.15, 0.2) is 52.2 Å². The standard InChI is InChI=1S/C20H27N5O2.HI/c1-2-21-20(22-12-17-8-10-27-23-17)25-14-18-19(15-25)26-11-9-24(18)13-16-6-4-3-5-7-16;/h3-8,10,18-19H,2,9,11-15H2,1H3,(H,21,22);1H. The molecule has 2 aliphatic rings. The molecule has 0 amide bonds. The Hall–Kier alpha value is -1.65. The van der Waals surface area contributed by atoms with Crippen LogP contribution in [0.2, 0.25) is 0 Å². The summed E-state index contributed by atoms with van der Waals surface area (Å²) in [4.78, 5) is 9.59. The molecule has 1 N–H and O–H groups in total. The molecule has 1 aromatic carbocycles. The molecule has 28 heavy (non-hydrogen) atoms. The van der Waals surface area contributed by atoms with Crippen LogP contribution in [0.5, 0.6) is 0 Å². The molecule has 0 spiro atoms. The van der Waals surface area contributed by atoms with Gasteiger partial charge in [0.2, 0.25) is 0 Å². The largest absolute Gasteiger partial charge is 0.373 e. The summed E-state index contributed by atoms with van der Waals surface area (Å²) >= 11 is 0. The van der Waals surface area contributed by atoms with E-state index in [9.17, 15) is 0 Å². The maximum atomic E-state index is 6.09. The number of hydrogen-bond acceptors (Lipinski definition) is 5. The first-order valence-electron chi connectivity index (χ1n) is 9.65. The first-order chi connectivity index (χ1) is 13.3. The van der Waals surface area contributed by atoms with Gasteiger partial charge in [0.25, 0.3) is 0 Å². The van der Waals surface area contributed by atoms with Gasteiger partial charge in [0, 0.05) is 38.8 Å². The SMILES string of the molecule is CCNC(=NCc1ccon1)N1CC2OCCN(Cc3ccccc3)C2C1.I. The van der Waals surface area contributed by atoms with E-state index in [0.29, 0.717) is 12.6 Å².